The zero-order valence-electron chi connectivity index (χ0n) is 5.88. The molecule has 0 aliphatic carbocycles. The van der Waals surface area contributed by atoms with Crippen molar-refractivity contribution in [1.82, 2.24) is 0 Å². The van der Waals surface area contributed by atoms with Gasteiger partial charge in [-0.15, -0.1) is 6.42 Å². The predicted octanol–water partition coefficient (Wildman–Crippen LogP) is 1.59. The van der Waals surface area contributed by atoms with Crippen LogP contribution in [0.15, 0.2) is 36.6 Å². The van der Waals surface area contributed by atoms with Crippen molar-refractivity contribution in [2.24, 2.45) is 5.73 Å². The molecule has 0 fully saturated rings. The SMILES string of the molecule is C#C/C=C(/C=C)C/C=C\N. The molecule has 0 bridgehead atoms. The highest BCUT2D eigenvalue weighted by atomic mass is 14.5. The lowest BCUT2D eigenvalue weighted by Crippen LogP contribution is -1.78. The van der Waals surface area contributed by atoms with Crippen molar-refractivity contribution < 1.29 is 0 Å². The number of hydrogen-bond donors (Lipinski definition) is 1. The van der Waals surface area contributed by atoms with Gasteiger partial charge in [0.25, 0.3) is 0 Å². The minimum absolute atomic E-state index is 0.754. The van der Waals surface area contributed by atoms with Crippen LogP contribution in [-0.2, 0) is 0 Å². The third-order valence-corrected chi connectivity index (χ3v) is 1.02. The summed E-state index contributed by atoms with van der Waals surface area (Å²) in [7, 11) is 0. The highest BCUT2D eigenvalue weighted by Gasteiger charge is 1.83. The summed E-state index contributed by atoms with van der Waals surface area (Å²) < 4.78 is 0. The first kappa shape index (κ1) is 8.58. The number of nitrogens with two attached hydrogens (primary N) is 1. The van der Waals surface area contributed by atoms with Gasteiger partial charge < -0.3 is 5.73 Å². The molecule has 0 amide bonds. The van der Waals surface area contributed by atoms with Crippen LogP contribution in [0.4, 0.5) is 0 Å². The number of allylic oxidation sites excluding steroid dienone is 4. The van der Waals surface area contributed by atoms with Gasteiger partial charge in [-0.05, 0) is 24.3 Å². The number of rotatable bonds is 3. The van der Waals surface area contributed by atoms with Gasteiger partial charge >= 0.3 is 0 Å². The lowest BCUT2D eigenvalue weighted by atomic mass is 10.2. The maximum Gasteiger partial charge on any atom is -0.00741 e. The maximum absolute atomic E-state index is 5.13. The van der Waals surface area contributed by atoms with Gasteiger partial charge in [0.2, 0.25) is 0 Å². The van der Waals surface area contributed by atoms with Crippen LogP contribution >= 0.6 is 0 Å². The zero-order chi connectivity index (χ0) is 7.82. The van der Waals surface area contributed by atoms with Gasteiger partial charge in [-0.25, -0.2) is 0 Å². The highest BCUT2D eigenvalue weighted by molar-refractivity contribution is 5.27. The van der Waals surface area contributed by atoms with Crippen molar-refractivity contribution in [2.75, 3.05) is 0 Å². The Morgan fingerprint density at radius 3 is 2.80 bits per heavy atom. The van der Waals surface area contributed by atoms with Crippen LogP contribution < -0.4 is 5.73 Å². The molecule has 0 aromatic heterocycles. The average Bonchev–Trinajstić information content (AvgIpc) is 1.98. The summed E-state index contributed by atoms with van der Waals surface area (Å²) in [5, 5.41) is 0. The van der Waals surface area contributed by atoms with E-state index in [-0.39, 0.29) is 0 Å². The summed E-state index contributed by atoms with van der Waals surface area (Å²) in [5.74, 6) is 2.42. The van der Waals surface area contributed by atoms with Crippen LogP contribution in [0.1, 0.15) is 6.42 Å². The Balaban J connectivity index is 3.99. The molecule has 0 aromatic rings. The lowest BCUT2D eigenvalue weighted by Gasteiger charge is -1.90. The molecule has 52 valence electrons. The van der Waals surface area contributed by atoms with E-state index in [1.54, 1.807) is 12.2 Å². The minimum Gasteiger partial charge on any atom is -0.405 e. The maximum atomic E-state index is 5.13. The van der Waals surface area contributed by atoms with Crippen LogP contribution in [0.2, 0.25) is 0 Å². The van der Waals surface area contributed by atoms with Gasteiger partial charge in [-0.2, -0.15) is 0 Å². The summed E-state index contributed by atoms with van der Waals surface area (Å²) in [5.41, 5.74) is 6.14. The molecule has 0 saturated heterocycles. The van der Waals surface area contributed by atoms with Gasteiger partial charge in [-0.3, -0.25) is 0 Å². The molecule has 0 atom stereocenters. The smallest absolute Gasteiger partial charge is 0.00741 e. The van der Waals surface area contributed by atoms with Crippen LogP contribution in [0.5, 0.6) is 0 Å². The van der Waals surface area contributed by atoms with Crippen molar-refractivity contribution in [3.05, 3.63) is 36.6 Å². The normalized spacial score (nSPS) is 11.3. The standard InChI is InChI=1S/C9H11N/c1-3-6-9(4-2)7-5-8-10/h1,4-6,8H,2,7,10H2/b8-5-,9-6-. The molecule has 0 aromatic carbocycles. The second-order valence-corrected chi connectivity index (χ2v) is 1.72. The van der Waals surface area contributed by atoms with Gasteiger partial charge in [0.15, 0.2) is 0 Å². The second kappa shape index (κ2) is 5.71. The van der Waals surface area contributed by atoms with Crippen molar-refractivity contribution in [1.29, 1.82) is 0 Å². The molecule has 0 rings (SSSR count). The summed E-state index contributed by atoms with van der Waals surface area (Å²) >= 11 is 0. The summed E-state index contributed by atoms with van der Waals surface area (Å²) in [6.07, 6.45) is 12.5. The molecule has 2 N–H and O–H groups in total. The van der Waals surface area contributed by atoms with Crippen LogP contribution in [-0.4, -0.2) is 0 Å². The average molecular weight is 133 g/mol. The molecule has 0 saturated carbocycles. The molecule has 1 nitrogen and oxygen atoms in total. The van der Waals surface area contributed by atoms with Crippen LogP contribution in [0.25, 0.3) is 0 Å². The van der Waals surface area contributed by atoms with E-state index in [1.807, 2.05) is 6.08 Å². The molecule has 10 heavy (non-hydrogen) atoms. The summed E-state index contributed by atoms with van der Waals surface area (Å²) in [4.78, 5) is 0. The number of terminal acetylenes is 1. The van der Waals surface area contributed by atoms with Crippen molar-refractivity contribution in [3.8, 4) is 12.3 Å². The zero-order valence-corrected chi connectivity index (χ0v) is 5.88. The van der Waals surface area contributed by atoms with Gasteiger partial charge in [-0.1, -0.05) is 24.7 Å². The molecule has 0 radical (unpaired) electrons. The Morgan fingerprint density at radius 1 is 1.70 bits per heavy atom. The highest BCUT2D eigenvalue weighted by Crippen LogP contribution is 2.01. The third-order valence-electron chi connectivity index (χ3n) is 1.02. The molecule has 0 heterocycles. The quantitative estimate of drug-likeness (QED) is 0.459. The first-order valence-corrected chi connectivity index (χ1v) is 2.99. The van der Waals surface area contributed by atoms with E-state index in [9.17, 15) is 0 Å². The molecule has 1 heteroatoms. The predicted molar refractivity (Wildman–Crippen MR) is 45.1 cm³/mol. The van der Waals surface area contributed by atoms with E-state index >= 15 is 0 Å². The van der Waals surface area contributed by atoms with Gasteiger partial charge in [0, 0.05) is 0 Å². The molecule has 0 spiro atoms. The van der Waals surface area contributed by atoms with E-state index in [0.29, 0.717) is 0 Å². The minimum atomic E-state index is 0.754. The lowest BCUT2D eigenvalue weighted by molar-refractivity contribution is 1.28. The first-order valence-electron chi connectivity index (χ1n) is 2.99. The Hall–Kier alpha value is -1.42. The summed E-state index contributed by atoms with van der Waals surface area (Å²) in [6.45, 7) is 3.59. The van der Waals surface area contributed by atoms with E-state index in [1.165, 1.54) is 6.20 Å². The fraction of sp³-hybridized carbons (Fsp3) is 0.111. The Morgan fingerprint density at radius 2 is 2.40 bits per heavy atom. The molecule has 0 aliphatic heterocycles. The van der Waals surface area contributed by atoms with Crippen molar-refractivity contribution in [3.63, 3.8) is 0 Å². The fourth-order valence-corrected chi connectivity index (χ4v) is 0.512. The third kappa shape index (κ3) is 3.57. The Kier molecular flexibility index (Phi) is 4.90. The summed E-state index contributed by atoms with van der Waals surface area (Å²) in [6, 6.07) is 0. The second-order valence-electron chi connectivity index (χ2n) is 1.72. The molecular formula is C9H11N. The Bertz CT molecular complexity index is 191. The molecule has 0 aliphatic rings. The Labute approximate surface area is 61.9 Å². The van der Waals surface area contributed by atoms with Gasteiger partial charge in [0.1, 0.15) is 0 Å². The van der Waals surface area contributed by atoms with E-state index in [0.717, 1.165) is 12.0 Å². The first-order chi connectivity index (χ1) is 4.85. The van der Waals surface area contributed by atoms with E-state index < -0.39 is 0 Å². The monoisotopic (exact) mass is 133 g/mol. The number of hydrogen-bond acceptors (Lipinski definition) is 1. The molecular weight excluding hydrogens is 122 g/mol. The fourth-order valence-electron chi connectivity index (χ4n) is 0.512. The molecule has 0 unspecified atom stereocenters. The van der Waals surface area contributed by atoms with Crippen LogP contribution in [0, 0.1) is 12.3 Å². The van der Waals surface area contributed by atoms with E-state index in [2.05, 4.69) is 12.5 Å². The largest absolute Gasteiger partial charge is 0.405 e. The topological polar surface area (TPSA) is 26.0 Å². The van der Waals surface area contributed by atoms with Crippen molar-refractivity contribution in [2.45, 2.75) is 6.42 Å². The van der Waals surface area contributed by atoms with Crippen LogP contribution in [0.3, 0.4) is 0 Å². The van der Waals surface area contributed by atoms with Crippen molar-refractivity contribution >= 4 is 0 Å². The van der Waals surface area contributed by atoms with Gasteiger partial charge in [0.05, 0.1) is 0 Å². The van der Waals surface area contributed by atoms with E-state index in [4.69, 9.17) is 12.2 Å².